The highest BCUT2D eigenvalue weighted by Gasteiger charge is 2.21. The zero-order chi connectivity index (χ0) is 15.9. The van der Waals surface area contributed by atoms with Crippen molar-refractivity contribution >= 4 is 21.9 Å². The summed E-state index contributed by atoms with van der Waals surface area (Å²) in [5, 5.41) is 6.66. The standard InChI is InChI=1S/C16H24BrN3O2/c1-4-18-16(19-9-11-5-6-11)20-10-12-7-13(17)15(22-3)14(8-12)21-2/h7-8,11H,4-6,9-10H2,1-3H3,(H2,18,19,20). The van der Waals surface area contributed by atoms with Crippen molar-refractivity contribution in [3.05, 3.63) is 22.2 Å². The monoisotopic (exact) mass is 369 g/mol. The first kappa shape index (κ1) is 16.9. The molecule has 2 N–H and O–H groups in total. The number of guanidine groups is 1. The van der Waals surface area contributed by atoms with E-state index in [4.69, 9.17) is 9.47 Å². The second-order valence-corrected chi connectivity index (χ2v) is 6.19. The molecule has 0 aliphatic heterocycles. The molecule has 1 fully saturated rings. The van der Waals surface area contributed by atoms with Crippen molar-refractivity contribution in [2.24, 2.45) is 10.9 Å². The fourth-order valence-electron chi connectivity index (χ4n) is 2.14. The van der Waals surface area contributed by atoms with Gasteiger partial charge in [-0.3, -0.25) is 0 Å². The Bertz CT molecular complexity index is 530. The Balaban J connectivity index is 2.06. The van der Waals surface area contributed by atoms with Crippen LogP contribution in [0.4, 0.5) is 0 Å². The Hall–Kier alpha value is -1.43. The number of methoxy groups -OCH3 is 2. The van der Waals surface area contributed by atoms with Crippen molar-refractivity contribution in [3.8, 4) is 11.5 Å². The number of hydrogen-bond acceptors (Lipinski definition) is 3. The maximum absolute atomic E-state index is 5.36. The number of benzene rings is 1. The first-order chi connectivity index (χ1) is 10.7. The molecule has 2 rings (SSSR count). The highest BCUT2D eigenvalue weighted by atomic mass is 79.9. The van der Waals surface area contributed by atoms with Crippen LogP contribution in [0.5, 0.6) is 11.5 Å². The zero-order valence-corrected chi connectivity index (χ0v) is 15.0. The number of hydrogen-bond donors (Lipinski definition) is 2. The van der Waals surface area contributed by atoms with E-state index in [2.05, 4.69) is 38.5 Å². The Kier molecular flexibility index (Phi) is 6.36. The molecule has 0 saturated heterocycles. The average molecular weight is 370 g/mol. The van der Waals surface area contributed by atoms with Gasteiger partial charge in [0.25, 0.3) is 0 Å². The molecular weight excluding hydrogens is 346 g/mol. The van der Waals surface area contributed by atoms with E-state index in [-0.39, 0.29) is 0 Å². The van der Waals surface area contributed by atoms with Crippen LogP contribution in [0.25, 0.3) is 0 Å². The minimum Gasteiger partial charge on any atom is -0.493 e. The highest BCUT2D eigenvalue weighted by molar-refractivity contribution is 9.10. The Labute approximate surface area is 140 Å². The molecule has 1 aromatic rings. The van der Waals surface area contributed by atoms with E-state index in [1.165, 1.54) is 12.8 Å². The van der Waals surface area contributed by atoms with Crippen molar-refractivity contribution < 1.29 is 9.47 Å². The van der Waals surface area contributed by atoms with Crippen LogP contribution in [0.2, 0.25) is 0 Å². The lowest BCUT2D eigenvalue weighted by Gasteiger charge is -2.13. The van der Waals surface area contributed by atoms with E-state index in [0.29, 0.717) is 18.0 Å². The van der Waals surface area contributed by atoms with E-state index < -0.39 is 0 Å². The van der Waals surface area contributed by atoms with Gasteiger partial charge in [-0.25, -0.2) is 4.99 Å². The number of nitrogens with zero attached hydrogens (tertiary/aromatic N) is 1. The van der Waals surface area contributed by atoms with Gasteiger partial charge in [-0.15, -0.1) is 0 Å². The van der Waals surface area contributed by atoms with Gasteiger partial charge in [-0.05, 0) is 59.3 Å². The smallest absolute Gasteiger partial charge is 0.191 e. The molecule has 0 bridgehead atoms. The first-order valence-electron chi connectivity index (χ1n) is 7.60. The third-order valence-electron chi connectivity index (χ3n) is 3.51. The molecule has 0 amide bonds. The fraction of sp³-hybridized carbons (Fsp3) is 0.562. The predicted octanol–water partition coefficient (Wildman–Crippen LogP) is 2.93. The van der Waals surface area contributed by atoms with E-state index >= 15 is 0 Å². The Morgan fingerprint density at radius 3 is 2.64 bits per heavy atom. The normalized spacial score (nSPS) is 14.6. The molecule has 0 unspecified atom stereocenters. The van der Waals surface area contributed by atoms with E-state index in [1.807, 2.05) is 12.1 Å². The molecule has 1 aromatic carbocycles. The average Bonchev–Trinajstić information content (AvgIpc) is 3.33. The highest BCUT2D eigenvalue weighted by Crippen LogP contribution is 2.36. The summed E-state index contributed by atoms with van der Waals surface area (Å²) in [5.74, 6) is 3.09. The second kappa shape index (κ2) is 8.27. The van der Waals surface area contributed by atoms with Gasteiger partial charge in [-0.2, -0.15) is 0 Å². The minimum atomic E-state index is 0.582. The zero-order valence-electron chi connectivity index (χ0n) is 13.4. The lowest BCUT2D eigenvalue weighted by atomic mass is 10.2. The predicted molar refractivity (Wildman–Crippen MR) is 92.8 cm³/mol. The van der Waals surface area contributed by atoms with Gasteiger partial charge in [0.2, 0.25) is 0 Å². The molecule has 6 heteroatoms. The lowest BCUT2D eigenvalue weighted by molar-refractivity contribution is 0.352. The molecule has 0 radical (unpaired) electrons. The quantitative estimate of drug-likeness (QED) is 0.573. The number of halogens is 1. The van der Waals surface area contributed by atoms with Crippen LogP contribution in [0.15, 0.2) is 21.6 Å². The van der Waals surface area contributed by atoms with E-state index in [1.54, 1.807) is 14.2 Å². The number of ether oxygens (including phenoxy) is 2. The third-order valence-corrected chi connectivity index (χ3v) is 4.10. The summed E-state index contributed by atoms with van der Waals surface area (Å²) in [7, 11) is 3.27. The van der Waals surface area contributed by atoms with Crippen LogP contribution in [-0.4, -0.2) is 33.3 Å². The van der Waals surface area contributed by atoms with Gasteiger partial charge in [-0.1, -0.05) is 0 Å². The van der Waals surface area contributed by atoms with Crippen molar-refractivity contribution in [1.29, 1.82) is 0 Å². The summed E-state index contributed by atoms with van der Waals surface area (Å²) in [4.78, 5) is 4.63. The SMILES string of the molecule is CCNC(=NCc1cc(Br)c(OC)c(OC)c1)NCC1CC1. The van der Waals surface area contributed by atoms with Gasteiger partial charge in [0.05, 0.1) is 25.2 Å². The number of nitrogens with one attached hydrogen (secondary N) is 2. The Morgan fingerprint density at radius 2 is 2.05 bits per heavy atom. The molecule has 122 valence electrons. The number of rotatable bonds is 7. The van der Waals surface area contributed by atoms with Crippen molar-refractivity contribution in [2.75, 3.05) is 27.3 Å². The van der Waals surface area contributed by atoms with Crippen LogP contribution in [0, 0.1) is 5.92 Å². The molecule has 1 aliphatic carbocycles. The van der Waals surface area contributed by atoms with Crippen molar-refractivity contribution in [3.63, 3.8) is 0 Å². The summed E-state index contributed by atoms with van der Waals surface area (Å²) in [5.41, 5.74) is 1.06. The maximum atomic E-state index is 5.36. The largest absolute Gasteiger partial charge is 0.493 e. The molecule has 0 aromatic heterocycles. The van der Waals surface area contributed by atoms with Crippen LogP contribution in [0.3, 0.4) is 0 Å². The van der Waals surface area contributed by atoms with Gasteiger partial charge in [0, 0.05) is 13.1 Å². The van der Waals surface area contributed by atoms with Crippen molar-refractivity contribution in [1.82, 2.24) is 10.6 Å². The second-order valence-electron chi connectivity index (χ2n) is 5.33. The fourth-order valence-corrected chi connectivity index (χ4v) is 2.79. The van der Waals surface area contributed by atoms with Crippen molar-refractivity contribution in [2.45, 2.75) is 26.3 Å². The maximum Gasteiger partial charge on any atom is 0.191 e. The molecule has 0 heterocycles. The summed E-state index contributed by atoms with van der Waals surface area (Å²) in [6.07, 6.45) is 2.66. The summed E-state index contributed by atoms with van der Waals surface area (Å²) in [6, 6.07) is 3.97. The minimum absolute atomic E-state index is 0.582. The van der Waals surface area contributed by atoms with Gasteiger partial charge in [0.1, 0.15) is 0 Å². The van der Waals surface area contributed by atoms with Gasteiger partial charge >= 0.3 is 0 Å². The summed E-state index contributed by atoms with van der Waals surface area (Å²) < 4.78 is 11.6. The van der Waals surface area contributed by atoms with Crippen LogP contribution in [0.1, 0.15) is 25.3 Å². The van der Waals surface area contributed by atoms with Gasteiger partial charge in [0.15, 0.2) is 17.5 Å². The van der Waals surface area contributed by atoms with E-state index in [9.17, 15) is 0 Å². The lowest BCUT2D eigenvalue weighted by Crippen LogP contribution is -2.38. The summed E-state index contributed by atoms with van der Waals surface area (Å²) >= 11 is 3.51. The molecule has 1 aliphatic rings. The molecule has 0 spiro atoms. The topological polar surface area (TPSA) is 54.9 Å². The first-order valence-corrected chi connectivity index (χ1v) is 8.39. The van der Waals surface area contributed by atoms with Crippen LogP contribution >= 0.6 is 15.9 Å². The number of aliphatic imine (C=N–C) groups is 1. The molecule has 0 atom stereocenters. The molecular formula is C16H24BrN3O2. The third kappa shape index (κ3) is 4.80. The molecule has 22 heavy (non-hydrogen) atoms. The Morgan fingerprint density at radius 1 is 1.27 bits per heavy atom. The van der Waals surface area contributed by atoms with Crippen LogP contribution in [-0.2, 0) is 6.54 Å². The van der Waals surface area contributed by atoms with E-state index in [0.717, 1.165) is 35.0 Å². The van der Waals surface area contributed by atoms with Gasteiger partial charge < -0.3 is 20.1 Å². The molecule has 1 saturated carbocycles. The molecule has 5 nitrogen and oxygen atoms in total. The summed E-state index contributed by atoms with van der Waals surface area (Å²) in [6.45, 7) is 4.51. The van der Waals surface area contributed by atoms with Crippen LogP contribution < -0.4 is 20.1 Å².